The van der Waals surface area contributed by atoms with E-state index in [1.807, 2.05) is 73.7 Å². The first kappa shape index (κ1) is 19.3. The summed E-state index contributed by atoms with van der Waals surface area (Å²) in [6.07, 6.45) is -0.00169. The maximum absolute atomic E-state index is 12.6. The van der Waals surface area contributed by atoms with E-state index in [0.717, 1.165) is 32.2 Å². The van der Waals surface area contributed by atoms with Crippen LogP contribution < -0.4 is 10.1 Å². The second-order valence-corrected chi connectivity index (χ2v) is 8.27. The Bertz CT molecular complexity index is 1340. The van der Waals surface area contributed by atoms with Crippen molar-refractivity contribution in [3.8, 4) is 5.19 Å². The van der Waals surface area contributed by atoms with Gasteiger partial charge >= 0.3 is 0 Å². The zero-order chi connectivity index (χ0) is 21.2. The number of benzene rings is 3. The summed E-state index contributed by atoms with van der Waals surface area (Å²) in [5.41, 5.74) is 2.67. The smallest absolute Gasteiger partial charge is 0.274 e. The number of thiazole rings is 1. The minimum Gasteiger partial charge on any atom is -0.460 e. The molecule has 2 aromatic heterocycles. The molecule has 2 heterocycles. The average molecular weight is 429 g/mol. The van der Waals surface area contributed by atoms with Gasteiger partial charge in [-0.05, 0) is 35.4 Å². The van der Waals surface area contributed by atoms with Crippen LogP contribution in [0.25, 0.3) is 21.0 Å². The Morgan fingerprint density at radius 2 is 1.90 bits per heavy atom. The number of hydrogen-bond donors (Lipinski definition) is 2. The molecule has 2 N–H and O–H groups in total. The molecule has 3 aromatic carbocycles. The van der Waals surface area contributed by atoms with E-state index in [4.69, 9.17) is 4.74 Å². The van der Waals surface area contributed by atoms with Gasteiger partial charge in [-0.1, -0.05) is 65.9 Å². The predicted molar refractivity (Wildman–Crippen MR) is 124 cm³/mol. The molecule has 1 atom stereocenters. The second kappa shape index (κ2) is 8.20. The van der Waals surface area contributed by atoms with Crippen LogP contribution in [0.1, 0.15) is 24.3 Å². The summed E-state index contributed by atoms with van der Waals surface area (Å²) in [6, 6.07) is 23.8. The van der Waals surface area contributed by atoms with Crippen molar-refractivity contribution in [3.05, 3.63) is 84.1 Å². The molecule has 0 aliphatic carbocycles. The number of H-pyrrole nitrogens is 1. The van der Waals surface area contributed by atoms with E-state index in [1.54, 1.807) is 6.07 Å². The number of carbonyl (C=O) groups excluding carboxylic acids is 1. The number of ether oxygens (including phenoxy) is 1. The topological polar surface area (TPSA) is 79.9 Å². The van der Waals surface area contributed by atoms with E-state index in [2.05, 4.69) is 20.5 Å². The van der Waals surface area contributed by atoms with Crippen LogP contribution in [0, 0.1) is 0 Å². The van der Waals surface area contributed by atoms with Gasteiger partial charge < -0.3 is 10.1 Å². The van der Waals surface area contributed by atoms with Crippen molar-refractivity contribution in [2.75, 3.05) is 5.32 Å². The molecule has 154 valence electrons. The third-order valence-electron chi connectivity index (χ3n) is 5.09. The first-order valence-corrected chi connectivity index (χ1v) is 10.8. The van der Waals surface area contributed by atoms with Crippen LogP contribution in [0.2, 0.25) is 0 Å². The summed E-state index contributed by atoms with van der Waals surface area (Å²) in [6.45, 7) is 1.92. The number of para-hydroxylation sites is 1. The molecule has 7 heteroatoms. The van der Waals surface area contributed by atoms with E-state index in [9.17, 15) is 4.79 Å². The van der Waals surface area contributed by atoms with Gasteiger partial charge in [-0.2, -0.15) is 5.10 Å². The van der Waals surface area contributed by atoms with E-state index in [-0.39, 0.29) is 18.4 Å². The Kier molecular flexibility index (Phi) is 5.09. The number of nitrogens with one attached hydrogen (secondary N) is 2. The van der Waals surface area contributed by atoms with Crippen LogP contribution in [0.15, 0.2) is 72.8 Å². The summed E-state index contributed by atoms with van der Waals surface area (Å²) in [5.74, 6) is 0.356. The fourth-order valence-electron chi connectivity index (χ4n) is 3.53. The van der Waals surface area contributed by atoms with E-state index >= 15 is 0 Å². The molecule has 0 aliphatic heterocycles. The normalized spacial score (nSPS) is 12.2. The third kappa shape index (κ3) is 4.13. The Balaban J connectivity index is 1.25. The van der Waals surface area contributed by atoms with Crippen molar-refractivity contribution in [1.82, 2.24) is 15.2 Å². The van der Waals surface area contributed by atoms with Crippen molar-refractivity contribution >= 4 is 44.1 Å². The quantitative estimate of drug-likeness (QED) is 0.375. The molecule has 0 fully saturated rings. The van der Waals surface area contributed by atoms with Gasteiger partial charge in [-0.3, -0.25) is 9.89 Å². The largest absolute Gasteiger partial charge is 0.460 e. The van der Waals surface area contributed by atoms with Crippen molar-refractivity contribution in [3.63, 3.8) is 0 Å². The number of aromatic nitrogens is 3. The van der Waals surface area contributed by atoms with Gasteiger partial charge in [0.25, 0.3) is 5.19 Å². The van der Waals surface area contributed by atoms with Gasteiger partial charge in [0.2, 0.25) is 5.91 Å². The lowest BCUT2D eigenvalue weighted by atomic mass is 10.0. The molecule has 0 aliphatic rings. The Labute approximate surface area is 182 Å². The van der Waals surface area contributed by atoms with Crippen molar-refractivity contribution in [2.24, 2.45) is 0 Å². The first-order chi connectivity index (χ1) is 15.2. The van der Waals surface area contributed by atoms with E-state index < -0.39 is 0 Å². The SMILES string of the molecule is C[C@H](Oc1nc2ccccc2s1)c1cc(NC(=O)Cc2cccc3ccccc23)n[nH]1. The van der Waals surface area contributed by atoms with Gasteiger partial charge in [0.15, 0.2) is 5.82 Å². The molecule has 31 heavy (non-hydrogen) atoms. The number of nitrogens with zero attached hydrogens (tertiary/aromatic N) is 2. The highest BCUT2D eigenvalue weighted by atomic mass is 32.1. The predicted octanol–water partition coefficient (Wildman–Crippen LogP) is 5.49. The molecule has 6 nitrogen and oxygen atoms in total. The Hall–Kier alpha value is -3.71. The summed E-state index contributed by atoms with van der Waals surface area (Å²) in [5, 5.41) is 12.8. The van der Waals surface area contributed by atoms with Gasteiger partial charge in [-0.15, -0.1) is 0 Å². The second-order valence-electron chi connectivity index (χ2n) is 7.28. The lowest BCUT2D eigenvalue weighted by Gasteiger charge is -2.09. The lowest BCUT2D eigenvalue weighted by molar-refractivity contribution is -0.115. The molecule has 0 saturated heterocycles. The maximum atomic E-state index is 12.6. The summed E-state index contributed by atoms with van der Waals surface area (Å²) >= 11 is 1.50. The summed E-state index contributed by atoms with van der Waals surface area (Å²) in [7, 11) is 0. The van der Waals surface area contributed by atoms with Gasteiger partial charge in [0, 0.05) is 6.07 Å². The molecular weight excluding hydrogens is 408 g/mol. The molecule has 0 radical (unpaired) electrons. The molecule has 0 saturated carbocycles. The highest BCUT2D eigenvalue weighted by molar-refractivity contribution is 7.20. The average Bonchev–Trinajstić information content (AvgIpc) is 3.40. The third-order valence-corrected chi connectivity index (χ3v) is 6.01. The van der Waals surface area contributed by atoms with Crippen LogP contribution >= 0.6 is 11.3 Å². The number of amides is 1. The molecule has 0 spiro atoms. The Morgan fingerprint density at radius 3 is 2.81 bits per heavy atom. The number of anilines is 1. The van der Waals surface area contributed by atoms with Crippen LogP contribution in [0.5, 0.6) is 5.19 Å². The minimum atomic E-state index is -0.281. The van der Waals surface area contributed by atoms with Crippen molar-refractivity contribution in [2.45, 2.75) is 19.4 Å². The lowest BCUT2D eigenvalue weighted by Crippen LogP contribution is -2.14. The molecule has 5 aromatic rings. The zero-order valence-corrected chi connectivity index (χ0v) is 17.6. The van der Waals surface area contributed by atoms with Crippen molar-refractivity contribution < 1.29 is 9.53 Å². The molecule has 5 rings (SSSR count). The number of hydrogen-bond acceptors (Lipinski definition) is 5. The number of rotatable bonds is 6. The molecular formula is C24H20N4O2S. The van der Waals surface area contributed by atoms with Crippen LogP contribution in [0.3, 0.4) is 0 Å². The fourth-order valence-corrected chi connectivity index (χ4v) is 4.42. The van der Waals surface area contributed by atoms with Crippen LogP contribution in [-0.2, 0) is 11.2 Å². The number of aromatic amines is 1. The van der Waals surface area contributed by atoms with E-state index in [0.29, 0.717) is 11.0 Å². The van der Waals surface area contributed by atoms with Gasteiger partial charge in [0.05, 0.1) is 22.3 Å². The van der Waals surface area contributed by atoms with E-state index in [1.165, 1.54) is 11.3 Å². The zero-order valence-electron chi connectivity index (χ0n) is 16.8. The standard InChI is InChI=1S/C24H20N4O2S/c1-15(30-24-25-19-11-4-5-12-21(19)31-24)20-14-22(28-27-20)26-23(29)13-17-9-6-8-16-7-2-3-10-18(16)17/h2-12,14-15H,13H2,1H3,(H2,26,27,28,29)/t15-/m0/s1. The van der Waals surface area contributed by atoms with Gasteiger partial charge in [0.1, 0.15) is 6.10 Å². The van der Waals surface area contributed by atoms with Gasteiger partial charge in [-0.25, -0.2) is 4.98 Å². The highest BCUT2D eigenvalue weighted by Gasteiger charge is 2.15. The minimum absolute atomic E-state index is 0.117. The molecule has 0 bridgehead atoms. The molecule has 0 unspecified atom stereocenters. The van der Waals surface area contributed by atoms with Crippen molar-refractivity contribution in [1.29, 1.82) is 0 Å². The molecule has 1 amide bonds. The maximum Gasteiger partial charge on any atom is 0.274 e. The number of fused-ring (bicyclic) bond motifs is 2. The first-order valence-electron chi connectivity index (χ1n) is 10.00. The Morgan fingerprint density at radius 1 is 1.10 bits per heavy atom. The van der Waals surface area contributed by atoms with Crippen LogP contribution in [0.4, 0.5) is 5.82 Å². The fraction of sp³-hybridized carbons (Fsp3) is 0.125. The highest BCUT2D eigenvalue weighted by Crippen LogP contribution is 2.30. The summed E-state index contributed by atoms with van der Waals surface area (Å²) < 4.78 is 7.05. The monoisotopic (exact) mass is 428 g/mol. The summed E-state index contributed by atoms with van der Waals surface area (Å²) in [4.78, 5) is 17.1. The number of carbonyl (C=O) groups is 1. The van der Waals surface area contributed by atoms with Crippen LogP contribution in [-0.4, -0.2) is 21.1 Å².